The van der Waals surface area contributed by atoms with E-state index in [1.165, 1.54) is 0 Å². The number of phenols is 1. The van der Waals surface area contributed by atoms with Crippen molar-refractivity contribution >= 4 is 0 Å². The lowest BCUT2D eigenvalue weighted by atomic mass is 10.1. The van der Waals surface area contributed by atoms with Crippen LogP contribution in [0.15, 0.2) is 18.2 Å². The zero-order valence-corrected chi connectivity index (χ0v) is 7.08. The maximum atomic E-state index is 9.11. The van der Waals surface area contributed by atoms with E-state index < -0.39 is 0 Å². The predicted octanol–water partition coefficient (Wildman–Crippen LogP) is 1.13. The summed E-state index contributed by atoms with van der Waals surface area (Å²) in [6, 6.07) is 5.27. The summed E-state index contributed by atoms with van der Waals surface area (Å²) in [5, 5.41) is 9.11. The van der Waals surface area contributed by atoms with Gasteiger partial charge in [0.25, 0.3) is 0 Å². The molecule has 66 valence electrons. The van der Waals surface area contributed by atoms with E-state index in [4.69, 9.17) is 11.0 Å². The third kappa shape index (κ3) is 2.22. The second-order valence-electron chi connectivity index (χ2n) is 2.73. The van der Waals surface area contributed by atoms with Crippen LogP contribution in [0.3, 0.4) is 0 Å². The Balaban J connectivity index is 2.72. The number of rotatable bonds is 3. The van der Waals surface area contributed by atoms with Crippen LogP contribution in [0.1, 0.15) is 11.1 Å². The van der Waals surface area contributed by atoms with E-state index in [1.54, 1.807) is 12.1 Å². The molecule has 0 aliphatic carbocycles. The Bertz CT molecular complexity index is 261. The Morgan fingerprint density at radius 1 is 1.50 bits per heavy atom. The highest BCUT2D eigenvalue weighted by molar-refractivity contribution is 5.33. The zero-order chi connectivity index (χ0) is 8.97. The van der Waals surface area contributed by atoms with E-state index in [-0.39, 0.29) is 0 Å². The van der Waals surface area contributed by atoms with Gasteiger partial charge in [-0.25, -0.2) is 5.90 Å². The highest BCUT2D eigenvalue weighted by Crippen LogP contribution is 2.15. The Morgan fingerprint density at radius 2 is 2.25 bits per heavy atom. The van der Waals surface area contributed by atoms with Crippen molar-refractivity contribution in [2.24, 2.45) is 5.90 Å². The van der Waals surface area contributed by atoms with Gasteiger partial charge in [0.2, 0.25) is 0 Å². The number of aryl methyl sites for hydroxylation is 1. The molecule has 0 heterocycles. The van der Waals surface area contributed by atoms with Crippen LogP contribution in [0.4, 0.5) is 0 Å². The van der Waals surface area contributed by atoms with Gasteiger partial charge in [0.15, 0.2) is 0 Å². The first-order chi connectivity index (χ1) is 5.74. The van der Waals surface area contributed by atoms with E-state index >= 15 is 0 Å². The SMILES string of the molecule is Cc1cc(O)ccc1CCON. The van der Waals surface area contributed by atoms with Crippen LogP contribution in [-0.2, 0) is 11.3 Å². The van der Waals surface area contributed by atoms with Crippen LogP contribution in [0.2, 0.25) is 0 Å². The van der Waals surface area contributed by atoms with E-state index in [0.717, 1.165) is 17.5 Å². The minimum Gasteiger partial charge on any atom is -0.508 e. The lowest BCUT2D eigenvalue weighted by Gasteiger charge is -2.04. The van der Waals surface area contributed by atoms with Crippen molar-refractivity contribution in [3.63, 3.8) is 0 Å². The van der Waals surface area contributed by atoms with Gasteiger partial charge in [-0.15, -0.1) is 0 Å². The van der Waals surface area contributed by atoms with Crippen molar-refractivity contribution in [3.8, 4) is 5.75 Å². The molecule has 3 nitrogen and oxygen atoms in total. The molecule has 0 bridgehead atoms. The van der Waals surface area contributed by atoms with Crippen molar-refractivity contribution in [3.05, 3.63) is 29.3 Å². The van der Waals surface area contributed by atoms with Gasteiger partial charge in [0.05, 0.1) is 6.61 Å². The summed E-state index contributed by atoms with van der Waals surface area (Å²) in [5.74, 6) is 5.20. The molecular weight excluding hydrogens is 154 g/mol. The van der Waals surface area contributed by atoms with Gasteiger partial charge in [-0.05, 0) is 36.6 Å². The Hall–Kier alpha value is -1.06. The average Bonchev–Trinajstić information content (AvgIpc) is 2.03. The summed E-state index contributed by atoms with van der Waals surface area (Å²) in [6.45, 7) is 2.46. The number of hydrogen-bond acceptors (Lipinski definition) is 3. The third-order valence-corrected chi connectivity index (χ3v) is 1.82. The summed E-state index contributed by atoms with van der Waals surface area (Å²) < 4.78 is 0. The van der Waals surface area contributed by atoms with Crippen molar-refractivity contribution in [1.82, 2.24) is 0 Å². The summed E-state index contributed by atoms with van der Waals surface area (Å²) in [5.41, 5.74) is 2.21. The van der Waals surface area contributed by atoms with Gasteiger partial charge in [-0.2, -0.15) is 0 Å². The number of nitrogens with two attached hydrogens (primary N) is 1. The fourth-order valence-corrected chi connectivity index (χ4v) is 1.13. The standard InChI is InChI=1S/C9H13NO2/c1-7-6-9(11)3-2-8(7)4-5-12-10/h2-3,6,11H,4-5,10H2,1H3. The van der Waals surface area contributed by atoms with E-state index in [1.807, 2.05) is 13.0 Å². The first kappa shape index (κ1) is 9.03. The Labute approximate surface area is 71.7 Å². The number of hydrogen-bond donors (Lipinski definition) is 2. The highest BCUT2D eigenvalue weighted by Gasteiger charge is 1.98. The molecule has 1 rings (SSSR count). The molecule has 1 aromatic rings. The van der Waals surface area contributed by atoms with E-state index in [0.29, 0.717) is 12.4 Å². The summed E-state index contributed by atoms with van der Waals surface area (Å²) in [7, 11) is 0. The van der Waals surface area contributed by atoms with Crippen LogP contribution in [-0.4, -0.2) is 11.7 Å². The van der Waals surface area contributed by atoms with Gasteiger partial charge in [0, 0.05) is 0 Å². The molecule has 0 atom stereocenters. The van der Waals surface area contributed by atoms with Crippen LogP contribution >= 0.6 is 0 Å². The highest BCUT2D eigenvalue weighted by atomic mass is 16.6. The Kier molecular flexibility index (Phi) is 3.08. The Morgan fingerprint density at radius 3 is 2.83 bits per heavy atom. The number of benzene rings is 1. The van der Waals surface area contributed by atoms with Crippen molar-refractivity contribution in [2.45, 2.75) is 13.3 Å². The van der Waals surface area contributed by atoms with Crippen LogP contribution in [0.5, 0.6) is 5.75 Å². The lowest BCUT2D eigenvalue weighted by molar-refractivity contribution is 0.141. The molecule has 3 N–H and O–H groups in total. The first-order valence-corrected chi connectivity index (χ1v) is 3.84. The lowest BCUT2D eigenvalue weighted by Crippen LogP contribution is -2.04. The molecule has 0 saturated carbocycles. The largest absolute Gasteiger partial charge is 0.508 e. The average molecular weight is 167 g/mol. The third-order valence-electron chi connectivity index (χ3n) is 1.82. The topological polar surface area (TPSA) is 55.5 Å². The quantitative estimate of drug-likeness (QED) is 0.663. The zero-order valence-electron chi connectivity index (χ0n) is 7.08. The molecule has 0 aliphatic heterocycles. The smallest absolute Gasteiger partial charge is 0.115 e. The maximum Gasteiger partial charge on any atom is 0.115 e. The van der Waals surface area contributed by atoms with Crippen LogP contribution in [0.25, 0.3) is 0 Å². The van der Waals surface area contributed by atoms with Crippen molar-refractivity contribution in [1.29, 1.82) is 0 Å². The van der Waals surface area contributed by atoms with Gasteiger partial charge in [0.1, 0.15) is 5.75 Å². The molecule has 0 unspecified atom stereocenters. The summed E-state index contributed by atoms with van der Waals surface area (Å²) in [4.78, 5) is 4.47. The van der Waals surface area contributed by atoms with Crippen LogP contribution in [0, 0.1) is 6.92 Å². The van der Waals surface area contributed by atoms with Gasteiger partial charge in [-0.1, -0.05) is 6.07 Å². The molecular formula is C9H13NO2. The minimum absolute atomic E-state index is 0.296. The molecule has 3 heteroatoms. The van der Waals surface area contributed by atoms with Gasteiger partial charge < -0.3 is 9.94 Å². The molecule has 0 amide bonds. The second-order valence-corrected chi connectivity index (χ2v) is 2.73. The van der Waals surface area contributed by atoms with Crippen molar-refractivity contribution in [2.75, 3.05) is 6.61 Å². The molecule has 0 aromatic heterocycles. The van der Waals surface area contributed by atoms with E-state index in [2.05, 4.69) is 4.84 Å². The normalized spacial score (nSPS) is 10.2. The second kappa shape index (κ2) is 4.09. The van der Waals surface area contributed by atoms with Gasteiger partial charge in [-0.3, -0.25) is 0 Å². The monoisotopic (exact) mass is 167 g/mol. The molecule has 1 aromatic carbocycles. The maximum absolute atomic E-state index is 9.11. The minimum atomic E-state index is 0.296. The molecule has 0 saturated heterocycles. The molecule has 0 radical (unpaired) electrons. The molecule has 0 aliphatic rings. The van der Waals surface area contributed by atoms with E-state index in [9.17, 15) is 0 Å². The molecule has 0 fully saturated rings. The fourth-order valence-electron chi connectivity index (χ4n) is 1.13. The fraction of sp³-hybridized carbons (Fsp3) is 0.333. The molecule has 0 spiro atoms. The van der Waals surface area contributed by atoms with Gasteiger partial charge >= 0.3 is 0 Å². The van der Waals surface area contributed by atoms with Crippen LogP contribution < -0.4 is 5.90 Å². The first-order valence-electron chi connectivity index (χ1n) is 3.84. The summed E-state index contributed by atoms with van der Waals surface area (Å²) >= 11 is 0. The van der Waals surface area contributed by atoms with Crippen molar-refractivity contribution < 1.29 is 9.94 Å². The predicted molar refractivity (Wildman–Crippen MR) is 46.7 cm³/mol. The number of phenolic OH excluding ortho intramolecular Hbond substituents is 1. The molecule has 12 heavy (non-hydrogen) atoms. The summed E-state index contributed by atoms with van der Waals surface area (Å²) in [6.07, 6.45) is 0.780. The number of aromatic hydroxyl groups is 1.